The lowest BCUT2D eigenvalue weighted by Gasteiger charge is -2.06. The van der Waals surface area contributed by atoms with Crippen molar-refractivity contribution >= 4 is 34.4 Å². The number of aromatic nitrogens is 1. The molecule has 18 heavy (non-hydrogen) atoms. The van der Waals surface area contributed by atoms with Crippen molar-refractivity contribution in [3.05, 3.63) is 46.1 Å². The smallest absolute Gasteiger partial charge is 0.152 e. The van der Waals surface area contributed by atoms with Crippen molar-refractivity contribution in [2.75, 3.05) is 0 Å². The third-order valence-electron chi connectivity index (χ3n) is 2.91. The molecule has 0 spiro atoms. The Balaban J connectivity index is 2.61. The number of nitrogens with zero attached hydrogens (tertiary/aromatic N) is 1. The lowest BCUT2D eigenvalue weighted by atomic mass is 10.0. The van der Waals surface area contributed by atoms with Crippen LogP contribution in [0.2, 0.25) is 5.15 Å². The molecule has 0 aliphatic heterocycles. The molecule has 0 unspecified atom stereocenters. The van der Waals surface area contributed by atoms with Gasteiger partial charge in [0.05, 0.1) is 5.52 Å². The van der Waals surface area contributed by atoms with Crippen LogP contribution in [0.15, 0.2) is 24.3 Å². The van der Waals surface area contributed by atoms with Crippen LogP contribution in [0.25, 0.3) is 17.0 Å². The molecule has 0 amide bonds. The number of hydrogen-bond acceptors (Lipinski definition) is 2. The predicted molar refractivity (Wildman–Crippen MR) is 75.9 cm³/mol. The molecule has 0 aliphatic carbocycles. The van der Waals surface area contributed by atoms with Crippen molar-refractivity contribution in [2.45, 2.75) is 20.8 Å². The van der Waals surface area contributed by atoms with Gasteiger partial charge in [0.25, 0.3) is 0 Å². The van der Waals surface area contributed by atoms with E-state index < -0.39 is 0 Å². The van der Waals surface area contributed by atoms with Crippen molar-refractivity contribution in [3.63, 3.8) is 0 Å². The van der Waals surface area contributed by atoms with Crippen molar-refractivity contribution in [1.29, 1.82) is 0 Å². The summed E-state index contributed by atoms with van der Waals surface area (Å²) in [6.07, 6.45) is 3.20. The zero-order valence-electron chi connectivity index (χ0n) is 10.6. The average Bonchev–Trinajstić information content (AvgIpc) is 2.29. The molecule has 2 rings (SSSR count). The first-order chi connectivity index (χ1) is 8.47. The van der Waals surface area contributed by atoms with Crippen LogP contribution in [0.4, 0.5) is 0 Å². The topological polar surface area (TPSA) is 30.0 Å². The van der Waals surface area contributed by atoms with Crippen molar-refractivity contribution in [2.24, 2.45) is 0 Å². The number of ketones is 1. The monoisotopic (exact) mass is 259 g/mol. The van der Waals surface area contributed by atoms with Gasteiger partial charge >= 0.3 is 0 Å². The number of allylic oxidation sites excluding steroid dienone is 1. The summed E-state index contributed by atoms with van der Waals surface area (Å²) in [5.41, 5.74) is 4.05. The van der Waals surface area contributed by atoms with Crippen LogP contribution in [0.3, 0.4) is 0 Å². The maximum absolute atomic E-state index is 10.9. The number of carbonyl (C=O) groups is 1. The average molecular weight is 260 g/mol. The Morgan fingerprint density at radius 1 is 1.22 bits per heavy atom. The fourth-order valence-electron chi connectivity index (χ4n) is 1.76. The summed E-state index contributed by atoms with van der Waals surface area (Å²) in [4.78, 5) is 15.3. The van der Waals surface area contributed by atoms with Gasteiger partial charge in [0.15, 0.2) is 5.78 Å². The highest BCUT2D eigenvalue weighted by Crippen LogP contribution is 2.24. The third kappa shape index (κ3) is 2.59. The fraction of sp³-hybridized carbons (Fsp3) is 0.200. The van der Waals surface area contributed by atoms with Crippen LogP contribution in [-0.2, 0) is 4.79 Å². The molecular formula is C15H14ClNO. The molecule has 0 saturated carbocycles. The molecule has 0 saturated heterocycles. The van der Waals surface area contributed by atoms with Gasteiger partial charge in [-0.05, 0) is 62.2 Å². The van der Waals surface area contributed by atoms with Gasteiger partial charge in [-0.15, -0.1) is 0 Å². The van der Waals surface area contributed by atoms with E-state index in [9.17, 15) is 4.79 Å². The lowest BCUT2D eigenvalue weighted by molar-refractivity contribution is -0.112. The number of halogens is 1. The van der Waals surface area contributed by atoms with Crippen LogP contribution >= 0.6 is 11.6 Å². The second kappa shape index (κ2) is 4.91. The van der Waals surface area contributed by atoms with Gasteiger partial charge in [0, 0.05) is 10.9 Å². The highest BCUT2D eigenvalue weighted by Gasteiger charge is 2.04. The minimum absolute atomic E-state index is 0.00810. The Bertz CT molecular complexity index is 659. The van der Waals surface area contributed by atoms with Gasteiger partial charge in [-0.3, -0.25) is 4.79 Å². The third-order valence-corrected chi connectivity index (χ3v) is 3.21. The van der Waals surface area contributed by atoms with Crippen molar-refractivity contribution in [3.8, 4) is 0 Å². The van der Waals surface area contributed by atoms with E-state index in [0.29, 0.717) is 5.15 Å². The van der Waals surface area contributed by atoms with E-state index >= 15 is 0 Å². The molecule has 2 aromatic rings. The van der Waals surface area contributed by atoms with Crippen LogP contribution in [0.5, 0.6) is 0 Å². The second-order valence-electron chi connectivity index (χ2n) is 4.44. The summed E-state index contributed by atoms with van der Waals surface area (Å²) >= 11 is 6.11. The normalized spacial score (nSPS) is 11.3. The highest BCUT2D eigenvalue weighted by atomic mass is 35.5. The summed E-state index contributed by atoms with van der Waals surface area (Å²) in [5.74, 6) is -0.00810. The molecule has 0 N–H and O–H groups in total. The van der Waals surface area contributed by atoms with Gasteiger partial charge in [-0.25, -0.2) is 4.98 Å². The van der Waals surface area contributed by atoms with Crippen LogP contribution < -0.4 is 0 Å². The first-order valence-electron chi connectivity index (χ1n) is 5.73. The molecular weight excluding hydrogens is 246 g/mol. The lowest BCUT2D eigenvalue weighted by Crippen LogP contribution is -1.89. The minimum Gasteiger partial charge on any atom is -0.295 e. The number of aryl methyl sites for hydroxylation is 2. The molecule has 2 nitrogen and oxygen atoms in total. The summed E-state index contributed by atoms with van der Waals surface area (Å²) in [5, 5.41) is 1.45. The standard InChI is InChI=1S/C15H14ClNO/c1-9-6-13-8-12(5-4-11(3)18)15(16)17-14(13)7-10(9)2/h4-8H,1-3H3/b5-4+. The fourth-order valence-corrected chi connectivity index (χ4v) is 1.97. The van der Waals surface area contributed by atoms with E-state index in [2.05, 4.69) is 18.0 Å². The number of fused-ring (bicyclic) bond motifs is 1. The molecule has 0 fully saturated rings. The number of pyridine rings is 1. The molecule has 0 radical (unpaired) electrons. The van der Waals surface area contributed by atoms with Gasteiger partial charge < -0.3 is 0 Å². The van der Waals surface area contributed by atoms with E-state index in [4.69, 9.17) is 11.6 Å². The minimum atomic E-state index is -0.00810. The molecule has 92 valence electrons. The highest BCUT2D eigenvalue weighted by molar-refractivity contribution is 6.31. The molecule has 0 aliphatic rings. The molecule has 1 aromatic heterocycles. The van der Waals surface area contributed by atoms with Crippen LogP contribution in [0, 0.1) is 13.8 Å². The number of carbonyl (C=O) groups excluding carboxylic acids is 1. The molecule has 1 aromatic carbocycles. The molecule has 0 bridgehead atoms. The SMILES string of the molecule is CC(=O)/C=C/c1cc2cc(C)c(C)cc2nc1Cl. The predicted octanol–water partition coefficient (Wildman–Crippen LogP) is 4.11. The van der Waals surface area contributed by atoms with Crippen LogP contribution in [-0.4, -0.2) is 10.8 Å². The summed E-state index contributed by atoms with van der Waals surface area (Å²) < 4.78 is 0. The van der Waals surface area contributed by atoms with Crippen LogP contribution in [0.1, 0.15) is 23.6 Å². The molecule has 3 heteroatoms. The zero-order valence-corrected chi connectivity index (χ0v) is 11.4. The van der Waals surface area contributed by atoms with E-state index in [1.54, 1.807) is 6.08 Å². The van der Waals surface area contributed by atoms with E-state index in [1.807, 2.05) is 19.1 Å². The Labute approximate surface area is 111 Å². The van der Waals surface area contributed by atoms with Gasteiger partial charge in [0.2, 0.25) is 0 Å². The van der Waals surface area contributed by atoms with Crippen molar-refractivity contribution < 1.29 is 4.79 Å². The van der Waals surface area contributed by atoms with Gasteiger partial charge in [-0.2, -0.15) is 0 Å². The summed E-state index contributed by atoms with van der Waals surface area (Å²) in [7, 11) is 0. The Hall–Kier alpha value is -1.67. The van der Waals surface area contributed by atoms with E-state index in [-0.39, 0.29) is 5.78 Å². The maximum Gasteiger partial charge on any atom is 0.152 e. The number of rotatable bonds is 2. The largest absolute Gasteiger partial charge is 0.295 e. The summed E-state index contributed by atoms with van der Waals surface area (Å²) in [6, 6.07) is 6.06. The Morgan fingerprint density at radius 3 is 2.56 bits per heavy atom. The Morgan fingerprint density at radius 2 is 1.89 bits per heavy atom. The molecule has 1 heterocycles. The second-order valence-corrected chi connectivity index (χ2v) is 4.80. The number of benzene rings is 1. The Kier molecular flexibility index (Phi) is 3.48. The van der Waals surface area contributed by atoms with Gasteiger partial charge in [0.1, 0.15) is 5.15 Å². The molecule has 0 atom stereocenters. The van der Waals surface area contributed by atoms with Crippen molar-refractivity contribution in [1.82, 2.24) is 4.98 Å². The first-order valence-corrected chi connectivity index (χ1v) is 6.11. The maximum atomic E-state index is 10.9. The van der Waals surface area contributed by atoms with E-state index in [0.717, 1.165) is 16.5 Å². The quantitative estimate of drug-likeness (QED) is 0.600. The van der Waals surface area contributed by atoms with Gasteiger partial charge in [-0.1, -0.05) is 11.6 Å². The number of hydrogen-bond donors (Lipinski definition) is 0. The first kappa shape index (κ1) is 12.8. The van der Waals surface area contributed by atoms with E-state index in [1.165, 1.54) is 24.1 Å². The summed E-state index contributed by atoms with van der Waals surface area (Å²) in [6.45, 7) is 5.62. The zero-order chi connectivity index (χ0) is 13.3.